The number of hydrogen-bond acceptors (Lipinski definition) is 3. The summed E-state index contributed by atoms with van der Waals surface area (Å²) in [5.41, 5.74) is 7.59. The first-order valence-electron chi connectivity index (χ1n) is 10.4. The maximum Gasteiger partial charge on any atom is 0.224 e. The van der Waals surface area contributed by atoms with E-state index >= 15 is 0 Å². The van der Waals surface area contributed by atoms with Crippen LogP contribution in [0.15, 0.2) is 66.9 Å². The topological polar surface area (TPSA) is 64.2 Å². The van der Waals surface area contributed by atoms with E-state index < -0.39 is 6.04 Å². The zero-order valence-corrected chi connectivity index (χ0v) is 17.3. The van der Waals surface area contributed by atoms with E-state index in [1.165, 1.54) is 6.07 Å². The number of rotatable bonds is 8. The number of nitrogens with zero attached hydrogens (tertiary/aromatic N) is 3. The van der Waals surface area contributed by atoms with Crippen LogP contribution in [-0.2, 0) is 11.2 Å². The molecular weight excluding hydrogens is 379 g/mol. The highest BCUT2D eigenvalue weighted by Crippen LogP contribution is 2.31. The Kier molecular flexibility index (Phi) is 7.74. The van der Waals surface area contributed by atoms with E-state index in [4.69, 9.17) is 5.73 Å². The summed E-state index contributed by atoms with van der Waals surface area (Å²) >= 11 is 0. The van der Waals surface area contributed by atoms with E-state index in [0.29, 0.717) is 18.5 Å². The van der Waals surface area contributed by atoms with E-state index in [2.05, 4.69) is 5.10 Å². The second kappa shape index (κ2) is 10.7. The van der Waals surface area contributed by atoms with Crippen molar-refractivity contribution in [2.75, 3.05) is 6.54 Å². The largest absolute Gasteiger partial charge is 0.334 e. The number of hydrogen-bond donors (Lipinski definition) is 1. The zero-order chi connectivity index (χ0) is 21.3. The van der Waals surface area contributed by atoms with Crippen LogP contribution in [-0.4, -0.2) is 33.2 Å². The molecule has 1 aliphatic rings. The molecule has 0 unspecified atom stereocenters. The van der Waals surface area contributed by atoms with Crippen LogP contribution in [0.2, 0.25) is 0 Å². The van der Waals surface area contributed by atoms with Crippen LogP contribution in [0.3, 0.4) is 0 Å². The lowest BCUT2D eigenvalue weighted by molar-refractivity contribution is -0.132. The molecular formula is C24H29FN4O. The van der Waals surface area contributed by atoms with Gasteiger partial charge in [0, 0.05) is 31.4 Å². The van der Waals surface area contributed by atoms with Gasteiger partial charge in [0.05, 0.1) is 11.7 Å². The van der Waals surface area contributed by atoms with Crippen molar-refractivity contribution in [3.8, 4) is 0 Å². The molecule has 1 aromatic heterocycles. The Bertz CT molecular complexity index is 931. The predicted octanol–water partition coefficient (Wildman–Crippen LogP) is 4.25. The number of benzene rings is 1. The van der Waals surface area contributed by atoms with Crippen LogP contribution in [0, 0.1) is 5.82 Å². The van der Waals surface area contributed by atoms with Gasteiger partial charge in [-0.3, -0.25) is 4.79 Å². The molecule has 0 bridgehead atoms. The van der Waals surface area contributed by atoms with Gasteiger partial charge in [0.25, 0.3) is 0 Å². The standard InChI is InChI=1S/C24H29FN4O/c1-2-3-4-5-8-14-28-16-13-22(27-28)23-12-9-15-29(23)24(30)18-20(26)17-19-10-6-7-11-21(19)25/h2-8,10-11,13-14,16,20,23H,9,12,15,17-18,26H2,1H3/t20-,23+/m1/s1. The van der Waals surface area contributed by atoms with Crippen molar-refractivity contribution in [1.82, 2.24) is 14.7 Å². The number of carbonyl (C=O) groups is 1. The Morgan fingerprint density at radius 1 is 1.27 bits per heavy atom. The number of amides is 1. The molecule has 2 aromatic rings. The summed E-state index contributed by atoms with van der Waals surface area (Å²) < 4.78 is 15.6. The third kappa shape index (κ3) is 5.76. The molecule has 2 atom stereocenters. The number of allylic oxidation sites excluding steroid dienone is 5. The Morgan fingerprint density at radius 3 is 2.87 bits per heavy atom. The van der Waals surface area contributed by atoms with E-state index in [9.17, 15) is 9.18 Å². The molecule has 1 fully saturated rings. The number of aromatic nitrogens is 2. The average Bonchev–Trinajstić information content (AvgIpc) is 3.39. The van der Waals surface area contributed by atoms with Crippen molar-refractivity contribution in [2.24, 2.45) is 5.73 Å². The Morgan fingerprint density at radius 2 is 2.07 bits per heavy atom. The molecule has 0 radical (unpaired) electrons. The molecule has 1 aromatic carbocycles. The molecule has 2 heterocycles. The summed E-state index contributed by atoms with van der Waals surface area (Å²) in [6.07, 6.45) is 15.8. The minimum absolute atomic E-state index is 0.000664. The first-order valence-corrected chi connectivity index (χ1v) is 10.4. The normalized spacial score (nSPS) is 18.2. The molecule has 0 spiro atoms. The molecule has 30 heavy (non-hydrogen) atoms. The van der Waals surface area contributed by atoms with Crippen molar-refractivity contribution in [3.05, 3.63) is 84.0 Å². The smallest absolute Gasteiger partial charge is 0.224 e. The van der Waals surface area contributed by atoms with Crippen LogP contribution in [0.5, 0.6) is 0 Å². The fourth-order valence-corrected chi connectivity index (χ4v) is 3.72. The fraction of sp³-hybridized carbons (Fsp3) is 0.333. The second-order valence-electron chi connectivity index (χ2n) is 7.48. The summed E-state index contributed by atoms with van der Waals surface area (Å²) in [6, 6.07) is 8.07. The number of likely N-dealkylation sites (tertiary alicyclic amines) is 1. The lowest BCUT2D eigenvalue weighted by atomic mass is 10.0. The monoisotopic (exact) mass is 408 g/mol. The third-order valence-corrected chi connectivity index (χ3v) is 5.18. The highest BCUT2D eigenvalue weighted by atomic mass is 19.1. The number of carbonyl (C=O) groups excluding carboxylic acids is 1. The molecule has 0 saturated carbocycles. The van der Waals surface area contributed by atoms with Crippen molar-refractivity contribution in [3.63, 3.8) is 0 Å². The van der Waals surface area contributed by atoms with E-state index in [1.807, 2.05) is 60.7 Å². The van der Waals surface area contributed by atoms with Gasteiger partial charge in [0.15, 0.2) is 0 Å². The first-order chi connectivity index (χ1) is 14.6. The van der Waals surface area contributed by atoms with E-state index in [1.54, 1.807) is 22.9 Å². The maximum absolute atomic E-state index is 13.8. The zero-order valence-electron chi connectivity index (χ0n) is 17.3. The fourth-order valence-electron chi connectivity index (χ4n) is 3.72. The molecule has 3 rings (SSSR count). The summed E-state index contributed by atoms with van der Waals surface area (Å²) in [6.45, 7) is 2.67. The number of nitrogens with two attached hydrogens (primary N) is 1. The maximum atomic E-state index is 13.8. The summed E-state index contributed by atoms with van der Waals surface area (Å²) in [4.78, 5) is 14.7. The van der Waals surface area contributed by atoms with Gasteiger partial charge in [-0.1, -0.05) is 42.5 Å². The van der Waals surface area contributed by atoms with Crippen molar-refractivity contribution < 1.29 is 9.18 Å². The van der Waals surface area contributed by atoms with Crippen LogP contribution in [0.4, 0.5) is 4.39 Å². The number of halogens is 1. The molecule has 1 saturated heterocycles. The lowest BCUT2D eigenvalue weighted by Crippen LogP contribution is -2.36. The minimum Gasteiger partial charge on any atom is -0.334 e. The Labute approximate surface area is 177 Å². The minimum atomic E-state index is -0.417. The molecule has 0 aliphatic carbocycles. The van der Waals surface area contributed by atoms with Gasteiger partial charge < -0.3 is 10.6 Å². The second-order valence-corrected chi connectivity index (χ2v) is 7.48. The summed E-state index contributed by atoms with van der Waals surface area (Å²) in [5.74, 6) is -0.278. The Balaban J connectivity index is 1.60. The van der Waals surface area contributed by atoms with E-state index in [0.717, 1.165) is 18.5 Å². The van der Waals surface area contributed by atoms with Gasteiger partial charge >= 0.3 is 0 Å². The van der Waals surface area contributed by atoms with Gasteiger partial charge in [-0.25, -0.2) is 9.07 Å². The van der Waals surface area contributed by atoms with Gasteiger partial charge in [-0.05, 0) is 50.0 Å². The lowest BCUT2D eigenvalue weighted by Gasteiger charge is -2.25. The van der Waals surface area contributed by atoms with E-state index in [-0.39, 0.29) is 24.2 Å². The average molecular weight is 409 g/mol. The highest BCUT2D eigenvalue weighted by molar-refractivity contribution is 5.77. The van der Waals surface area contributed by atoms with Crippen molar-refractivity contribution in [2.45, 2.75) is 44.7 Å². The van der Waals surface area contributed by atoms with Gasteiger partial charge in [0.1, 0.15) is 5.82 Å². The van der Waals surface area contributed by atoms with Crippen LogP contribution in [0.25, 0.3) is 6.20 Å². The van der Waals surface area contributed by atoms with Crippen LogP contribution in [0.1, 0.15) is 43.5 Å². The first kappa shape index (κ1) is 21.7. The van der Waals surface area contributed by atoms with Gasteiger partial charge in [-0.2, -0.15) is 5.10 Å². The quantitative estimate of drug-likeness (QED) is 0.664. The molecule has 5 nitrogen and oxygen atoms in total. The van der Waals surface area contributed by atoms with Crippen LogP contribution < -0.4 is 5.73 Å². The molecule has 1 amide bonds. The van der Waals surface area contributed by atoms with Crippen molar-refractivity contribution >= 4 is 12.1 Å². The van der Waals surface area contributed by atoms with Gasteiger partial charge in [0.2, 0.25) is 5.91 Å². The SMILES string of the molecule is CC=CC=CC=Cn1ccc([C@@H]2CCCN2C(=O)C[C@H](N)Cc2ccccc2F)n1. The highest BCUT2D eigenvalue weighted by Gasteiger charge is 2.32. The molecule has 1 aliphatic heterocycles. The molecule has 158 valence electrons. The summed E-state index contributed by atoms with van der Waals surface area (Å²) in [7, 11) is 0. The summed E-state index contributed by atoms with van der Waals surface area (Å²) in [5, 5.41) is 4.60. The Hall–Kier alpha value is -2.99. The molecule has 6 heteroatoms. The predicted molar refractivity (Wildman–Crippen MR) is 118 cm³/mol. The van der Waals surface area contributed by atoms with Crippen LogP contribution >= 0.6 is 0 Å². The molecule has 2 N–H and O–H groups in total. The van der Waals surface area contributed by atoms with Crippen molar-refractivity contribution in [1.29, 1.82) is 0 Å². The van der Waals surface area contributed by atoms with Gasteiger partial charge in [-0.15, -0.1) is 0 Å². The third-order valence-electron chi connectivity index (χ3n) is 5.18.